The van der Waals surface area contributed by atoms with Gasteiger partial charge in [-0.1, -0.05) is 113 Å². The molecule has 17 heteroatoms. The van der Waals surface area contributed by atoms with E-state index in [-0.39, 0.29) is 43.1 Å². The molecule has 1 saturated carbocycles. The van der Waals surface area contributed by atoms with Gasteiger partial charge in [-0.2, -0.15) is 0 Å². The molecule has 2 N–H and O–H groups in total. The first-order valence-electron chi connectivity index (χ1n) is 23.3. The summed E-state index contributed by atoms with van der Waals surface area (Å²) in [5.41, 5.74) is 1.80. The Kier molecular flexibility index (Phi) is 15.6. The molecule has 5 fully saturated rings. The largest absolute Gasteiger partial charge is 0.455 e. The van der Waals surface area contributed by atoms with Gasteiger partial charge in [0.05, 0.1) is 29.9 Å². The molecular formula is C50H62ClN3O13. The van der Waals surface area contributed by atoms with Gasteiger partial charge >= 0.3 is 24.2 Å². The number of ether oxygens (including phenoxy) is 9. The van der Waals surface area contributed by atoms with Crippen molar-refractivity contribution >= 4 is 35.8 Å². The number of alkyl carbamates (subject to hydrolysis) is 2. The number of benzene rings is 3. The molecule has 362 valence electrons. The highest BCUT2D eigenvalue weighted by atomic mass is 35.5. The first kappa shape index (κ1) is 48.5. The van der Waals surface area contributed by atoms with Gasteiger partial charge in [0.1, 0.15) is 42.9 Å². The summed E-state index contributed by atoms with van der Waals surface area (Å²) in [6, 6.07) is 24.2. The van der Waals surface area contributed by atoms with Gasteiger partial charge in [-0.15, -0.1) is 11.6 Å². The average Bonchev–Trinajstić information content (AvgIpc) is 3.64. The third-order valence-electron chi connectivity index (χ3n) is 14.1. The second-order valence-electron chi connectivity index (χ2n) is 18.5. The summed E-state index contributed by atoms with van der Waals surface area (Å²) in [6.07, 6.45) is -7.73. The Morgan fingerprint density at radius 2 is 1.27 bits per heavy atom. The van der Waals surface area contributed by atoms with E-state index in [1.807, 2.05) is 67.6 Å². The lowest BCUT2D eigenvalue weighted by Gasteiger charge is -2.51. The van der Waals surface area contributed by atoms with Gasteiger partial charge in [-0.3, -0.25) is 4.90 Å². The molecule has 16 nitrogen and oxygen atoms in total. The van der Waals surface area contributed by atoms with E-state index in [9.17, 15) is 19.2 Å². The maximum atomic E-state index is 13.7. The van der Waals surface area contributed by atoms with Crippen LogP contribution in [0.4, 0.5) is 14.4 Å². The number of carbonyl (C=O) groups is 4. The first-order valence-corrected chi connectivity index (χ1v) is 23.8. The van der Waals surface area contributed by atoms with Crippen molar-refractivity contribution in [3.63, 3.8) is 0 Å². The highest BCUT2D eigenvalue weighted by Crippen LogP contribution is 2.44. The Morgan fingerprint density at radius 3 is 1.87 bits per heavy atom. The number of amides is 3. The van der Waals surface area contributed by atoms with Crippen LogP contribution in [0.2, 0.25) is 0 Å². The molecule has 3 aromatic rings. The molecule has 3 aromatic carbocycles. The van der Waals surface area contributed by atoms with Crippen molar-refractivity contribution in [2.24, 2.45) is 23.7 Å². The fraction of sp³-hybridized carbons (Fsp3) is 0.560. The highest BCUT2D eigenvalue weighted by Gasteiger charge is 2.60. The molecule has 1 aliphatic carbocycles. The lowest BCUT2D eigenvalue weighted by atomic mass is 9.78. The smallest absolute Gasteiger partial charge is 0.410 e. The molecule has 4 heterocycles. The fourth-order valence-electron chi connectivity index (χ4n) is 9.92. The Morgan fingerprint density at radius 1 is 0.687 bits per heavy atom. The van der Waals surface area contributed by atoms with Gasteiger partial charge in [-0.05, 0) is 54.4 Å². The predicted octanol–water partition coefficient (Wildman–Crippen LogP) is 7.55. The van der Waals surface area contributed by atoms with E-state index in [2.05, 4.69) is 38.3 Å². The van der Waals surface area contributed by atoms with Crippen LogP contribution in [0.1, 0.15) is 75.4 Å². The number of fused-ring (bicyclic) bond motifs is 3. The summed E-state index contributed by atoms with van der Waals surface area (Å²) in [7, 11) is 1.64. The van der Waals surface area contributed by atoms with Crippen molar-refractivity contribution < 1.29 is 61.8 Å². The third kappa shape index (κ3) is 11.0. The van der Waals surface area contributed by atoms with Crippen molar-refractivity contribution in [1.82, 2.24) is 15.5 Å². The molecule has 4 aliphatic heterocycles. The lowest BCUT2D eigenvalue weighted by Crippen LogP contribution is -2.67. The number of rotatable bonds is 13. The van der Waals surface area contributed by atoms with Crippen LogP contribution in [0.15, 0.2) is 91.0 Å². The predicted molar refractivity (Wildman–Crippen MR) is 242 cm³/mol. The molecule has 0 radical (unpaired) electrons. The van der Waals surface area contributed by atoms with Crippen LogP contribution < -0.4 is 10.6 Å². The maximum Gasteiger partial charge on any atom is 0.410 e. The normalized spacial score (nSPS) is 35.8. The number of esters is 1. The maximum absolute atomic E-state index is 13.7. The zero-order valence-corrected chi connectivity index (χ0v) is 39.4. The zero-order chi connectivity index (χ0) is 47.4. The fourth-order valence-corrected chi connectivity index (χ4v) is 10.4. The summed E-state index contributed by atoms with van der Waals surface area (Å²) in [6.45, 7) is 10.5. The molecule has 67 heavy (non-hydrogen) atoms. The summed E-state index contributed by atoms with van der Waals surface area (Å²) in [5.74, 6) is -0.306. The number of nitrogens with zero attached hydrogens (tertiary/aromatic N) is 1. The van der Waals surface area contributed by atoms with Gasteiger partial charge < -0.3 is 53.3 Å². The summed E-state index contributed by atoms with van der Waals surface area (Å²) in [5, 5.41) is 4.58. The van der Waals surface area contributed by atoms with Gasteiger partial charge in [0.25, 0.3) is 0 Å². The summed E-state index contributed by atoms with van der Waals surface area (Å²) in [4.78, 5) is 55.5. The van der Waals surface area contributed by atoms with Crippen LogP contribution in [-0.2, 0) is 55.8 Å². The number of hydrogen-bond donors (Lipinski definition) is 2. The first-order chi connectivity index (χ1) is 32.3. The minimum atomic E-state index is -1.19. The van der Waals surface area contributed by atoms with E-state index >= 15 is 0 Å². The molecule has 0 bridgehead atoms. The number of likely N-dealkylation sites (N-methyl/N-ethyl adjacent to an activating group) is 1. The molecule has 0 spiro atoms. The van der Waals surface area contributed by atoms with Crippen LogP contribution in [0.25, 0.3) is 0 Å². The molecule has 8 rings (SSSR count). The Bertz CT molecular complexity index is 2140. The van der Waals surface area contributed by atoms with Crippen molar-refractivity contribution in [3.05, 3.63) is 108 Å². The minimum Gasteiger partial charge on any atom is -0.455 e. The van der Waals surface area contributed by atoms with Gasteiger partial charge in [-0.25, -0.2) is 19.2 Å². The molecular weight excluding hydrogens is 886 g/mol. The van der Waals surface area contributed by atoms with E-state index in [1.54, 1.807) is 37.4 Å². The number of hydrogen-bond acceptors (Lipinski definition) is 13. The molecule has 0 aromatic heterocycles. The topological polar surface area (TPSA) is 179 Å². The van der Waals surface area contributed by atoms with Crippen LogP contribution in [0, 0.1) is 23.7 Å². The number of nitrogens with one attached hydrogen (secondary N) is 2. The van der Waals surface area contributed by atoms with Crippen molar-refractivity contribution in [1.29, 1.82) is 0 Å². The van der Waals surface area contributed by atoms with Crippen molar-refractivity contribution in [2.75, 3.05) is 7.05 Å². The van der Waals surface area contributed by atoms with E-state index in [0.717, 1.165) is 17.5 Å². The zero-order valence-electron chi connectivity index (χ0n) is 38.6. The van der Waals surface area contributed by atoms with Crippen molar-refractivity contribution in [3.8, 4) is 0 Å². The Labute approximate surface area is 396 Å². The summed E-state index contributed by atoms with van der Waals surface area (Å²) < 4.78 is 56.8. The monoisotopic (exact) mass is 947 g/mol. The molecule has 3 amide bonds. The summed E-state index contributed by atoms with van der Waals surface area (Å²) >= 11 is 7.41. The second-order valence-corrected chi connectivity index (χ2v) is 19.0. The van der Waals surface area contributed by atoms with E-state index in [4.69, 9.17) is 54.2 Å². The lowest BCUT2D eigenvalue weighted by molar-refractivity contribution is -0.368. The quantitative estimate of drug-likeness (QED) is 0.0976. The highest BCUT2D eigenvalue weighted by molar-refractivity contribution is 6.21. The van der Waals surface area contributed by atoms with Crippen LogP contribution in [-0.4, -0.2) is 115 Å². The Hall–Kier alpha value is -4.97. The molecule has 17 atom stereocenters. The van der Waals surface area contributed by atoms with E-state index < -0.39 is 97.1 Å². The standard InChI is InChI=1S/C50H62ClN3O13/c1-7-36-29(4)28(3)30(5)46(61-36)67-47-39-43(66-50(58)54(39)6)42-37(62-47)23-27(2)45(65-42)64-41-35(53-49(57)60-26-32-19-13-9-14-20-32)24-34(52-48(56)59-25-31-17-11-8-12-18-31)40(38(41)51)63-44(55)33-21-15-10-16-22-33/h8-22,27-30,34-43,45-47H,7,23-26H2,1-6H3,(H,52,56)(H,53,57)/t27?,28-,29-,30?,34+,35?,36?,37-,38+,39?,40?,41+,42?,43?,45-,46+,47?/m0/s1. The number of carbonyl (C=O) groups excluding carboxylic acids is 4. The van der Waals surface area contributed by atoms with Gasteiger partial charge in [0.2, 0.25) is 0 Å². The van der Waals surface area contributed by atoms with Crippen LogP contribution >= 0.6 is 11.6 Å². The van der Waals surface area contributed by atoms with E-state index in [1.165, 1.54) is 4.90 Å². The van der Waals surface area contributed by atoms with E-state index in [0.29, 0.717) is 18.3 Å². The van der Waals surface area contributed by atoms with Gasteiger partial charge in [0, 0.05) is 18.9 Å². The minimum absolute atomic E-state index is 0.00836. The van der Waals surface area contributed by atoms with Crippen molar-refractivity contribution in [2.45, 2.75) is 146 Å². The Balaban J connectivity index is 1.04. The molecule has 5 aliphatic rings. The third-order valence-corrected chi connectivity index (χ3v) is 14.6. The molecule has 4 saturated heterocycles. The number of halogens is 1. The van der Waals surface area contributed by atoms with Gasteiger partial charge in [0.15, 0.2) is 25.0 Å². The average molecular weight is 949 g/mol. The molecule has 9 unspecified atom stereocenters. The SMILES string of the molecule is CCC1O[C@H](OC2O[C@H]3CC(C)[C@@H](O[C@@H]4C(NC(=O)OCc5ccccc5)C[C@@H](NC(=O)OCc5ccccc5)C(OC(=O)c5ccccc5)[C@H]4Cl)OC3C3OC(=O)N(C)C23)C(C)[C@@H](C)[C@@H]1C. The number of alkyl halides is 1. The van der Waals surface area contributed by atoms with Crippen LogP contribution in [0.3, 0.4) is 0 Å². The second kappa shape index (κ2) is 21.5. The van der Waals surface area contributed by atoms with Crippen LogP contribution in [0.5, 0.6) is 0 Å².